The Bertz CT molecular complexity index is 551. The number of pyridine rings is 1. The van der Waals surface area contributed by atoms with Crippen LogP contribution in [0.25, 0.3) is 0 Å². The largest absolute Gasteiger partial charge is 0.395 e. The lowest BCUT2D eigenvalue weighted by Crippen LogP contribution is -2.26. The molecule has 3 nitrogen and oxygen atoms in total. The van der Waals surface area contributed by atoms with Crippen LogP contribution in [0.3, 0.4) is 0 Å². The molecule has 0 unspecified atom stereocenters. The topological polar surface area (TPSA) is 36.4 Å². The molecular weight excluding hydrogens is 279 g/mol. The van der Waals surface area contributed by atoms with E-state index in [-0.39, 0.29) is 11.6 Å². The molecule has 0 radical (unpaired) electrons. The van der Waals surface area contributed by atoms with E-state index >= 15 is 0 Å². The van der Waals surface area contributed by atoms with Crippen LogP contribution in [0, 0.1) is 5.82 Å². The molecule has 1 aromatic heterocycles. The Balaban J connectivity index is 2.06. The highest BCUT2D eigenvalue weighted by Gasteiger charge is 2.08. The predicted octanol–water partition coefficient (Wildman–Crippen LogP) is 2.87. The Kier molecular flexibility index (Phi) is 5.47. The standard InChI is InChI=1S/C15H16ClFN2O/c16-14-8-12(3-4-15(14)17)10-19(6-7-20)11-13-2-1-5-18-9-13/h1-5,8-9,20H,6-7,10-11H2. The first-order valence-electron chi connectivity index (χ1n) is 6.35. The van der Waals surface area contributed by atoms with Gasteiger partial charge in [0, 0.05) is 32.0 Å². The second-order valence-electron chi connectivity index (χ2n) is 4.54. The van der Waals surface area contributed by atoms with E-state index in [1.54, 1.807) is 24.5 Å². The fourth-order valence-corrected chi connectivity index (χ4v) is 2.20. The summed E-state index contributed by atoms with van der Waals surface area (Å²) < 4.78 is 13.1. The van der Waals surface area contributed by atoms with Gasteiger partial charge in [-0.15, -0.1) is 0 Å². The Morgan fingerprint density at radius 2 is 2.00 bits per heavy atom. The van der Waals surface area contributed by atoms with E-state index in [0.717, 1.165) is 11.1 Å². The van der Waals surface area contributed by atoms with Crippen molar-refractivity contribution in [2.75, 3.05) is 13.2 Å². The Labute approximate surface area is 122 Å². The second kappa shape index (κ2) is 7.33. The van der Waals surface area contributed by atoms with Crippen molar-refractivity contribution in [2.24, 2.45) is 0 Å². The molecule has 0 bridgehead atoms. The van der Waals surface area contributed by atoms with Gasteiger partial charge in [0.2, 0.25) is 0 Å². The Hall–Kier alpha value is -1.49. The molecule has 0 amide bonds. The highest BCUT2D eigenvalue weighted by Crippen LogP contribution is 2.18. The molecule has 106 valence electrons. The number of hydrogen-bond acceptors (Lipinski definition) is 3. The highest BCUT2D eigenvalue weighted by molar-refractivity contribution is 6.30. The molecule has 0 saturated heterocycles. The molecule has 1 N–H and O–H groups in total. The van der Waals surface area contributed by atoms with Crippen molar-refractivity contribution < 1.29 is 9.50 Å². The van der Waals surface area contributed by atoms with E-state index in [2.05, 4.69) is 9.88 Å². The third-order valence-corrected chi connectivity index (χ3v) is 3.23. The van der Waals surface area contributed by atoms with Crippen LogP contribution in [0.4, 0.5) is 4.39 Å². The minimum absolute atomic E-state index is 0.0647. The smallest absolute Gasteiger partial charge is 0.141 e. The van der Waals surface area contributed by atoms with Gasteiger partial charge < -0.3 is 5.11 Å². The molecule has 0 fully saturated rings. The number of aromatic nitrogens is 1. The number of hydrogen-bond donors (Lipinski definition) is 1. The summed E-state index contributed by atoms with van der Waals surface area (Å²) in [5.41, 5.74) is 1.97. The molecule has 0 spiro atoms. The van der Waals surface area contributed by atoms with Crippen LogP contribution in [0.15, 0.2) is 42.7 Å². The van der Waals surface area contributed by atoms with Crippen LogP contribution in [0.2, 0.25) is 5.02 Å². The van der Waals surface area contributed by atoms with Gasteiger partial charge in [-0.2, -0.15) is 0 Å². The minimum Gasteiger partial charge on any atom is -0.395 e. The van der Waals surface area contributed by atoms with Gasteiger partial charge in [0.1, 0.15) is 5.82 Å². The molecule has 0 aliphatic carbocycles. The van der Waals surface area contributed by atoms with Crippen molar-refractivity contribution in [3.63, 3.8) is 0 Å². The average molecular weight is 295 g/mol. The van der Waals surface area contributed by atoms with Crippen molar-refractivity contribution in [1.82, 2.24) is 9.88 Å². The van der Waals surface area contributed by atoms with Crippen molar-refractivity contribution in [3.05, 3.63) is 64.7 Å². The summed E-state index contributed by atoms with van der Waals surface area (Å²) in [5.74, 6) is -0.420. The first-order valence-corrected chi connectivity index (χ1v) is 6.73. The number of aliphatic hydroxyl groups excluding tert-OH is 1. The lowest BCUT2D eigenvalue weighted by atomic mass is 10.2. The van der Waals surface area contributed by atoms with Crippen LogP contribution in [-0.2, 0) is 13.1 Å². The molecule has 0 aliphatic rings. The van der Waals surface area contributed by atoms with Crippen molar-refractivity contribution >= 4 is 11.6 Å². The number of rotatable bonds is 6. The zero-order valence-corrected chi connectivity index (χ0v) is 11.7. The van der Waals surface area contributed by atoms with Crippen molar-refractivity contribution in [3.8, 4) is 0 Å². The molecule has 20 heavy (non-hydrogen) atoms. The van der Waals surface area contributed by atoms with Crippen LogP contribution < -0.4 is 0 Å². The zero-order chi connectivity index (χ0) is 14.4. The van der Waals surface area contributed by atoms with Gasteiger partial charge in [0.05, 0.1) is 11.6 Å². The van der Waals surface area contributed by atoms with Gasteiger partial charge in [-0.25, -0.2) is 4.39 Å². The molecule has 1 heterocycles. The molecule has 0 aliphatic heterocycles. The first kappa shape index (κ1) is 14.9. The minimum atomic E-state index is -0.420. The molecule has 0 saturated carbocycles. The quantitative estimate of drug-likeness (QED) is 0.890. The SMILES string of the molecule is OCCN(Cc1cccnc1)Cc1ccc(F)c(Cl)c1. The fraction of sp³-hybridized carbons (Fsp3) is 0.267. The second-order valence-corrected chi connectivity index (χ2v) is 4.95. The summed E-state index contributed by atoms with van der Waals surface area (Å²) in [6.07, 6.45) is 3.52. The van der Waals surface area contributed by atoms with Crippen molar-refractivity contribution in [1.29, 1.82) is 0 Å². The van der Waals surface area contributed by atoms with E-state index in [0.29, 0.717) is 19.6 Å². The van der Waals surface area contributed by atoms with Gasteiger partial charge >= 0.3 is 0 Å². The average Bonchev–Trinajstić information content (AvgIpc) is 2.44. The van der Waals surface area contributed by atoms with Crippen molar-refractivity contribution in [2.45, 2.75) is 13.1 Å². The summed E-state index contributed by atoms with van der Waals surface area (Å²) >= 11 is 5.78. The van der Waals surface area contributed by atoms with Gasteiger partial charge in [0.15, 0.2) is 0 Å². The van der Waals surface area contributed by atoms with Crippen LogP contribution >= 0.6 is 11.6 Å². The number of nitrogens with zero attached hydrogens (tertiary/aromatic N) is 2. The molecule has 5 heteroatoms. The number of aliphatic hydroxyl groups is 1. The fourth-order valence-electron chi connectivity index (χ4n) is 2.00. The maximum Gasteiger partial charge on any atom is 0.141 e. The Morgan fingerprint density at radius 3 is 2.65 bits per heavy atom. The number of halogens is 2. The van der Waals surface area contributed by atoms with Crippen LogP contribution in [0.1, 0.15) is 11.1 Å². The summed E-state index contributed by atoms with van der Waals surface area (Å²) in [7, 11) is 0. The maximum absolute atomic E-state index is 13.1. The summed E-state index contributed by atoms with van der Waals surface area (Å²) in [6, 6.07) is 8.54. The van der Waals surface area contributed by atoms with E-state index in [1.165, 1.54) is 6.07 Å². The molecule has 2 aromatic rings. The molecule has 2 rings (SSSR count). The van der Waals surface area contributed by atoms with Crippen LogP contribution in [-0.4, -0.2) is 28.1 Å². The summed E-state index contributed by atoms with van der Waals surface area (Å²) in [5, 5.41) is 9.27. The molecular formula is C15H16ClFN2O. The van der Waals surface area contributed by atoms with E-state index in [9.17, 15) is 4.39 Å². The van der Waals surface area contributed by atoms with Gasteiger partial charge in [-0.05, 0) is 29.3 Å². The Morgan fingerprint density at radius 1 is 1.20 bits per heavy atom. The van der Waals surface area contributed by atoms with Gasteiger partial charge in [-0.1, -0.05) is 23.7 Å². The van der Waals surface area contributed by atoms with Gasteiger partial charge in [-0.3, -0.25) is 9.88 Å². The highest BCUT2D eigenvalue weighted by atomic mass is 35.5. The normalized spacial score (nSPS) is 11.0. The first-order chi connectivity index (χ1) is 9.69. The third-order valence-electron chi connectivity index (χ3n) is 2.94. The molecule has 0 atom stereocenters. The lowest BCUT2D eigenvalue weighted by molar-refractivity contribution is 0.184. The molecule has 1 aromatic carbocycles. The van der Waals surface area contributed by atoms with E-state index in [4.69, 9.17) is 16.7 Å². The monoisotopic (exact) mass is 294 g/mol. The predicted molar refractivity (Wildman–Crippen MR) is 76.8 cm³/mol. The van der Waals surface area contributed by atoms with E-state index in [1.807, 2.05) is 12.1 Å². The zero-order valence-electron chi connectivity index (χ0n) is 11.0. The summed E-state index contributed by atoms with van der Waals surface area (Å²) in [4.78, 5) is 6.13. The van der Waals surface area contributed by atoms with E-state index < -0.39 is 5.82 Å². The maximum atomic E-state index is 13.1. The van der Waals surface area contributed by atoms with Crippen LogP contribution in [0.5, 0.6) is 0 Å². The van der Waals surface area contributed by atoms with Gasteiger partial charge in [0.25, 0.3) is 0 Å². The summed E-state index contributed by atoms with van der Waals surface area (Å²) in [6.45, 7) is 1.86. The third kappa shape index (κ3) is 4.27. The number of benzene rings is 1. The lowest BCUT2D eigenvalue weighted by Gasteiger charge is -2.21.